The van der Waals surface area contributed by atoms with Gasteiger partial charge in [0, 0.05) is 26.5 Å². The van der Waals surface area contributed by atoms with Crippen molar-refractivity contribution >= 4 is 21.4 Å². The smallest absolute Gasteiger partial charge is 0.382 e. The molecule has 0 unspecified atom stereocenters. The fraction of sp³-hybridized carbons (Fsp3) is 0.273. The minimum Gasteiger partial charge on any atom is -0.382 e. The quantitative estimate of drug-likeness (QED) is 0.791. The van der Waals surface area contributed by atoms with Crippen molar-refractivity contribution in [2.75, 3.05) is 14.1 Å². The molecule has 0 saturated carbocycles. The number of nitriles is 1. The molecule has 1 rings (SSSR count). The normalized spacial score (nSPS) is 12.9. The van der Waals surface area contributed by atoms with Crippen molar-refractivity contribution in [2.45, 2.75) is 11.2 Å². The molecule has 0 aliphatic carbocycles. The van der Waals surface area contributed by atoms with E-state index in [1.165, 1.54) is 25.1 Å². The van der Waals surface area contributed by atoms with Gasteiger partial charge in [0.1, 0.15) is 6.07 Å². The molecule has 0 atom stereocenters. The van der Waals surface area contributed by atoms with Crippen LogP contribution in [0.1, 0.15) is 5.56 Å². The molecule has 114 valence electrons. The summed E-state index contributed by atoms with van der Waals surface area (Å²) in [6.07, 6.45) is -3.34. The number of hydrogen-bond donors (Lipinski definition) is 0. The molecule has 0 saturated heterocycles. The van der Waals surface area contributed by atoms with Crippen molar-refractivity contribution in [1.82, 2.24) is 9.88 Å². The summed E-state index contributed by atoms with van der Waals surface area (Å²) in [5.74, 6) is 0. The van der Waals surface area contributed by atoms with E-state index in [0.717, 1.165) is 6.20 Å². The Morgan fingerprint density at radius 3 is 2.43 bits per heavy atom. The lowest BCUT2D eigenvalue weighted by atomic mass is 10.3. The van der Waals surface area contributed by atoms with Crippen LogP contribution in [-0.4, -0.2) is 32.4 Å². The molecule has 0 aliphatic rings. The van der Waals surface area contributed by atoms with E-state index in [1.807, 2.05) is 0 Å². The summed E-state index contributed by atoms with van der Waals surface area (Å²) in [6.45, 7) is 0. The average Bonchev–Trinajstić information content (AvgIpc) is 2.33. The average molecular weight is 340 g/mol. The molecule has 0 radical (unpaired) electrons. The fourth-order valence-corrected chi connectivity index (χ4v) is 2.93. The van der Waals surface area contributed by atoms with Gasteiger partial charge in [-0.3, -0.25) is 0 Å². The lowest BCUT2D eigenvalue weighted by molar-refractivity contribution is -0.137. The standard InChI is InChI=1S/C11H9ClF3N3O2S/c1-18(2)6-8(4-16)21(19,20)10-9(12)3-7(5-17-10)11(13,14)15/h3,5-6H,1-2H3/b8-6+. The van der Waals surface area contributed by atoms with Crippen molar-refractivity contribution in [3.63, 3.8) is 0 Å². The fourth-order valence-electron chi connectivity index (χ4n) is 1.28. The van der Waals surface area contributed by atoms with E-state index in [-0.39, 0.29) is 0 Å². The highest BCUT2D eigenvalue weighted by atomic mass is 35.5. The zero-order chi connectivity index (χ0) is 16.4. The molecule has 0 N–H and O–H groups in total. The Labute approximate surface area is 124 Å². The summed E-state index contributed by atoms with van der Waals surface area (Å²) < 4.78 is 61.7. The highest BCUT2D eigenvalue weighted by Crippen LogP contribution is 2.33. The number of nitrogens with zero attached hydrogens (tertiary/aromatic N) is 3. The van der Waals surface area contributed by atoms with Crippen molar-refractivity contribution in [2.24, 2.45) is 0 Å². The highest BCUT2D eigenvalue weighted by molar-refractivity contribution is 7.95. The lowest BCUT2D eigenvalue weighted by Gasteiger charge is -2.10. The first-order valence-corrected chi connectivity index (χ1v) is 7.12. The third-order valence-corrected chi connectivity index (χ3v) is 4.17. The summed E-state index contributed by atoms with van der Waals surface area (Å²) in [6, 6.07) is 1.91. The van der Waals surface area contributed by atoms with Crippen LogP contribution in [0.15, 0.2) is 28.4 Å². The van der Waals surface area contributed by atoms with Gasteiger partial charge in [0.2, 0.25) is 9.84 Å². The Balaban J connectivity index is 3.45. The van der Waals surface area contributed by atoms with E-state index >= 15 is 0 Å². The summed E-state index contributed by atoms with van der Waals surface area (Å²) >= 11 is 5.57. The molecular weight excluding hydrogens is 331 g/mol. The molecule has 0 fully saturated rings. The van der Waals surface area contributed by atoms with E-state index < -0.39 is 36.5 Å². The third-order valence-electron chi connectivity index (χ3n) is 2.16. The summed E-state index contributed by atoms with van der Waals surface area (Å²) in [5.41, 5.74) is -1.18. The number of rotatable bonds is 3. The predicted molar refractivity (Wildman–Crippen MR) is 68.8 cm³/mol. The topological polar surface area (TPSA) is 74.1 Å². The summed E-state index contributed by atoms with van der Waals surface area (Å²) in [4.78, 5) is 3.86. The second kappa shape index (κ2) is 5.91. The number of sulfone groups is 1. The van der Waals surface area contributed by atoms with Crippen LogP contribution in [0.5, 0.6) is 0 Å². The number of halogens is 4. The molecule has 0 aromatic carbocycles. The van der Waals surface area contributed by atoms with Crippen LogP contribution in [0.25, 0.3) is 0 Å². The summed E-state index contributed by atoms with van der Waals surface area (Å²) in [5, 5.41) is 7.37. The first kappa shape index (κ1) is 17.3. The first-order valence-electron chi connectivity index (χ1n) is 5.26. The number of hydrogen-bond acceptors (Lipinski definition) is 5. The van der Waals surface area contributed by atoms with E-state index in [2.05, 4.69) is 4.98 Å². The molecule has 0 amide bonds. The maximum Gasteiger partial charge on any atom is 0.417 e. The zero-order valence-corrected chi connectivity index (χ0v) is 12.4. The second-order valence-electron chi connectivity index (χ2n) is 4.08. The molecule has 21 heavy (non-hydrogen) atoms. The van der Waals surface area contributed by atoms with Gasteiger partial charge in [-0.2, -0.15) is 18.4 Å². The van der Waals surface area contributed by atoms with Gasteiger partial charge in [0.05, 0.1) is 10.6 Å². The Bertz CT molecular complexity index is 721. The second-order valence-corrected chi connectivity index (χ2v) is 6.32. The van der Waals surface area contributed by atoms with Gasteiger partial charge in [0.15, 0.2) is 9.93 Å². The van der Waals surface area contributed by atoms with E-state index in [9.17, 15) is 21.6 Å². The van der Waals surface area contributed by atoms with Gasteiger partial charge in [0.25, 0.3) is 0 Å². The van der Waals surface area contributed by atoms with E-state index in [4.69, 9.17) is 16.9 Å². The number of aromatic nitrogens is 1. The van der Waals surface area contributed by atoms with Crippen molar-refractivity contribution in [3.8, 4) is 6.07 Å². The zero-order valence-electron chi connectivity index (χ0n) is 10.8. The van der Waals surface area contributed by atoms with Crippen LogP contribution >= 0.6 is 11.6 Å². The Morgan fingerprint density at radius 1 is 1.48 bits per heavy atom. The van der Waals surface area contributed by atoms with Crippen molar-refractivity contribution in [1.29, 1.82) is 5.26 Å². The third kappa shape index (κ3) is 3.86. The van der Waals surface area contributed by atoms with Crippen LogP contribution in [0.4, 0.5) is 13.2 Å². The van der Waals surface area contributed by atoms with E-state index in [0.29, 0.717) is 12.3 Å². The largest absolute Gasteiger partial charge is 0.417 e. The predicted octanol–water partition coefficient (Wildman–Crippen LogP) is 2.45. The van der Waals surface area contributed by atoms with Crippen molar-refractivity contribution in [3.05, 3.63) is 34.0 Å². The Kier molecular flexibility index (Phi) is 4.86. The van der Waals surface area contributed by atoms with Crippen LogP contribution in [-0.2, 0) is 16.0 Å². The minimum absolute atomic E-state index is 0.351. The minimum atomic E-state index is -4.70. The SMILES string of the molecule is CN(C)/C=C(\C#N)S(=O)(=O)c1ncc(C(F)(F)F)cc1Cl. The molecule has 0 bridgehead atoms. The van der Waals surface area contributed by atoms with Gasteiger partial charge in [-0.15, -0.1) is 0 Å². The van der Waals surface area contributed by atoms with Gasteiger partial charge in [-0.1, -0.05) is 11.6 Å². The van der Waals surface area contributed by atoms with Crippen molar-refractivity contribution < 1.29 is 21.6 Å². The Hall–Kier alpha value is -1.79. The van der Waals surface area contributed by atoms with Gasteiger partial charge < -0.3 is 4.90 Å². The monoisotopic (exact) mass is 339 g/mol. The number of pyridine rings is 1. The first-order chi connectivity index (χ1) is 9.50. The molecule has 5 nitrogen and oxygen atoms in total. The number of alkyl halides is 3. The van der Waals surface area contributed by atoms with Gasteiger partial charge >= 0.3 is 6.18 Å². The van der Waals surface area contributed by atoms with Crippen LogP contribution in [0.2, 0.25) is 5.02 Å². The molecule has 1 heterocycles. The van der Waals surface area contributed by atoms with Crippen LogP contribution in [0.3, 0.4) is 0 Å². The molecule has 1 aromatic rings. The Morgan fingerprint density at radius 2 is 2.05 bits per heavy atom. The highest BCUT2D eigenvalue weighted by Gasteiger charge is 2.33. The van der Waals surface area contributed by atoms with Crippen LogP contribution < -0.4 is 0 Å². The maximum atomic E-state index is 12.5. The van der Waals surface area contributed by atoms with E-state index in [1.54, 1.807) is 0 Å². The van der Waals surface area contributed by atoms with Gasteiger partial charge in [-0.05, 0) is 6.07 Å². The molecule has 0 aliphatic heterocycles. The summed E-state index contributed by atoms with van der Waals surface area (Å²) in [7, 11) is -1.43. The molecular formula is C11H9ClF3N3O2S. The molecule has 0 spiro atoms. The maximum absolute atomic E-state index is 12.5. The number of allylic oxidation sites excluding steroid dienone is 1. The lowest BCUT2D eigenvalue weighted by Crippen LogP contribution is -2.13. The van der Waals surface area contributed by atoms with Gasteiger partial charge in [-0.25, -0.2) is 13.4 Å². The van der Waals surface area contributed by atoms with Crippen LogP contribution in [0, 0.1) is 11.3 Å². The molecule has 10 heteroatoms. The molecule has 1 aromatic heterocycles.